The lowest BCUT2D eigenvalue weighted by Gasteiger charge is -2.39. The van der Waals surface area contributed by atoms with Crippen LogP contribution in [-0.4, -0.2) is 41.0 Å². The second-order valence-corrected chi connectivity index (χ2v) is 8.93. The van der Waals surface area contributed by atoms with Crippen LogP contribution >= 0.6 is 0 Å². The van der Waals surface area contributed by atoms with Gasteiger partial charge in [0.15, 0.2) is 6.04 Å². The number of nitrogens with one attached hydrogen (secondary N) is 3. The largest absolute Gasteiger partial charge is 0.479 e. The van der Waals surface area contributed by atoms with Gasteiger partial charge in [-0.3, -0.25) is 14.5 Å². The average Bonchev–Trinajstić information content (AvgIpc) is 2.79. The Balaban J connectivity index is 1.87. The first kappa shape index (κ1) is 24.8. The number of rotatable bonds is 7. The van der Waals surface area contributed by atoms with E-state index < -0.39 is 36.0 Å². The van der Waals surface area contributed by atoms with Gasteiger partial charge in [-0.1, -0.05) is 70.2 Å². The number of amides is 4. The van der Waals surface area contributed by atoms with Crippen LogP contribution < -0.4 is 20.9 Å². The molecule has 9 nitrogen and oxygen atoms in total. The first-order chi connectivity index (χ1) is 16.1. The maximum absolute atomic E-state index is 13.5. The summed E-state index contributed by atoms with van der Waals surface area (Å²) in [7, 11) is 0. The minimum Gasteiger partial charge on any atom is -0.479 e. The molecule has 0 unspecified atom stereocenters. The van der Waals surface area contributed by atoms with E-state index in [0.29, 0.717) is 16.9 Å². The molecule has 2 aromatic rings. The number of benzene rings is 2. The summed E-state index contributed by atoms with van der Waals surface area (Å²) in [5.74, 6) is -2.70. The summed E-state index contributed by atoms with van der Waals surface area (Å²) in [6, 6.07) is 11.6. The van der Waals surface area contributed by atoms with Crippen molar-refractivity contribution in [2.24, 2.45) is 11.8 Å². The van der Waals surface area contributed by atoms with E-state index in [-0.39, 0.29) is 17.7 Å². The number of urea groups is 1. The number of aliphatic carboxylic acids is 1. The number of anilines is 2. The topological polar surface area (TPSA) is 128 Å². The maximum Gasteiger partial charge on any atom is 0.330 e. The highest BCUT2D eigenvalue weighted by Gasteiger charge is 2.40. The molecule has 0 saturated carbocycles. The quantitative estimate of drug-likeness (QED) is 0.498. The molecule has 9 heteroatoms. The van der Waals surface area contributed by atoms with Crippen LogP contribution in [0.25, 0.3) is 0 Å². The van der Waals surface area contributed by atoms with Gasteiger partial charge in [-0.15, -0.1) is 0 Å². The molecule has 4 N–H and O–H groups in total. The van der Waals surface area contributed by atoms with Gasteiger partial charge in [0.1, 0.15) is 12.1 Å². The first-order valence-corrected chi connectivity index (χ1v) is 11.2. The van der Waals surface area contributed by atoms with Gasteiger partial charge in [-0.2, -0.15) is 0 Å². The second kappa shape index (κ2) is 10.4. The minimum atomic E-state index is -1.27. The van der Waals surface area contributed by atoms with Crippen molar-refractivity contribution in [2.45, 2.75) is 45.8 Å². The Labute approximate surface area is 198 Å². The predicted molar refractivity (Wildman–Crippen MR) is 128 cm³/mol. The molecular formula is C25H30N4O5. The van der Waals surface area contributed by atoms with E-state index >= 15 is 0 Å². The van der Waals surface area contributed by atoms with Crippen LogP contribution in [0.1, 0.15) is 39.3 Å². The third-order valence-electron chi connectivity index (χ3n) is 5.71. The number of fused-ring (bicyclic) bond motifs is 1. The fourth-order valence-corrected chi connectivity index (χ4v) is 4.00. The number of nitrogens with zero attached hydrogens (tertiary/aromatic N) is 1. The van der Waals surface area contributed by atoms with Gasteiger partial charge in [0.25, 0.3) is 0 Å². The SMILES string of the molecule is CC(C)[C@H](NC(=O)N1c2ccccc2NC(=O)[C@H]1C(C)C)C(=O)N[C@H](C(=O)O)c1ccccc1. The Morgan fingerprint density at radius 1 is 0.941 bits per heavy atom. The van der Waals surface area contributed by atoms with E-state index in [4.69, 9.17) is 0 Å². The van der Waals surface area contributed by atoms with Crippen LogP contribution in [0.3, 0.4) is 0 Å². The Hall–Kier alpha value is -3.88. The Morgan fingerprint density at radius 2 is 1.56 bits per heavy atom. The van der Waals surface area contributed by atoms with Gasteiger partial charge >= 0.3 is 12.0 Å². The van der Waals surface area contributed by atoms with Crippen LogP contribution in [0.4, 0.5) is 16.2 Å². The summed E-state index contributed by atoms with van der Waals surface area (Å²) in [5, 5.41) is 17.8. The highest BCUT2D eigenvalue weighted by molar-refractivity contribution is 6.12. The zero-order chi connectivity index (χ0) is 25.0. The van der Waals surface area contributed by atoms with Crippen LogP contribution in [0.5, 0.6) is 0 Å². The van der Waals surface area contributed by atoms with Crippen molar-refractivity contribution in [1.82, 2.24) is 10.6 Å². The average molecular weight is 467 g/mol. The monoisotopic (exact) mass is 466 g/mol. The van der Waals surface area contributed by atoms with Crippen molar-refractivity contribution in [3.05, 3.63) is 60.2 Å². The molecule has 0 radical (unpaired) electrons. The number of carbonyl (C=O) groups is 4. The Bertz CT molecular complexity index is 1070. The summed E-state index contributed by atoms with van der Waals surface area (Å²) < 4.78 is 0. The number of hydrogen-bond acceptors (Lipinski definition) is 4. The molecule has 34 heavy (non-hydrogen) atoms. The summed E-state index contributed by atoms with van der Waals surface area (Å²) in [6.07, 6.45) is 0. The smallest absolute Gasteiger partial charge is 0.330 e. The first-order valence-electron chi connectivity index (χ1n) is 11.2. The second-order valence-electron chi connectivity index (χ2n) is 8.93. The number of carboxylic acids is 1. The summed E-state index contributed by atoms with van der Waals surface area (Å²) >= 11 is 0. The molecule has 0 bridgehead atoms. The van der Waals surface area contributed by atoms with Gasteiger partial charge in [-0.05, 0) is 29.5 Å². The number of carbonyl (C=O) groups excluding carboxylic acids is 3. The van der Waals surface area contributed by atoms with Crippen LogP contribution in [0.2, 0.25) is 0 Å². The third kappa shape index (κ3) is 5.19. The molecule has 1 aliphatic heterocycles. The Kier molecular flexibility index (Phi) is 7.55. The van der Waals surface area contributed by atoms with E-state index in [1.54, 1.807) is 68.4 Å². The maximum atomic E-state index is 13.5. The molecule has 3 rings (SSSR count). The standard InChI is InChI=1S/C25H30N4O5/c1-14(2)19(22(30)27-20(24(32)33)16-10-6-5-7-11-16)28-25(34)29-18-13-9-8-12-17(18)26-23(31)21(29)15(3)4/h5-15,19-21H,1-4H3,(H,26,31)(H,27,30)(H,28,34)(H,32,33)/t19-,20-,21+/m0/s1. The molecular weight excluding hydrogens is 436 g/mol. The zero-order valence-electron chi connectivity index (χ0n) is 19.6. The van der Waals surface area contributed by atoms with Gasteiger partial charge in [0.05, 0.1) is 11.4 Å². The minimum absolute atomic E-state index is 0.195. The van der Waals surface area contributed by atoms with Crippen molar-refractivity contribution in [3.8, 4) is 0 Å². The number of hydrogen-bond donors (Lipinski definition) is 4. The van der Waals surface area contributed by atoms with E-state index in [1.807, 2.05) is 13.8 Å². The van der Waals surface area contributed by atoms with Crippen LogP contribution in [0, 0.1) is 11.8 Å². The molecule has 0 fully saturated rings. The zero-order valence-corrected chi connectivity index (χ0v) is 19.6. The van der Waals surface area contributed by atoms with Crippen LogP contribution in [-0.2, 0) is 14.4 Å². The molecule has 0 aromatic heterocycles. The molecule has 1 aliphatic rings. The lowest BCUT2D eigenvalue weighted by atomic mass is 9.97. The van der Waals surface area contributed by atoms with E-state index in [0.717, 1.165) is 0 Å². The molecule has 180 valence electrons. The van der Waals surface area contributed by atoms with Gasteiger partial charge in [0, 0.05) is 0 Å². The van der Waals surface area contributed by atoms with Gasteiger partial charge < -0.3 is 21.1 Å². The van der Waals surface area contributed by atoms with Crippen molar-refractivity contribution in [2.75, 3.05) is 10.2 Å². The molecule has 1 heterocycles. The highest BCUT2D eigenvalue weighted by atomic mass is 16.4. The fraction of sp³-hybridized carbons (Fsp3) is 0.360. The lowest BCUT2D eigenvalue weighted by molar-refractivity contribution is -0.142. The van der Waals surface area contributed by atoms with Crippen molar-refractivity contribution in [1.29, 1.82) is 0 Å². The van der Waals surface area contributed by atoms with Gasteiger partial charge in [-0.25, -0.2) is 9.59 Å². The molecule has 0 spiro atoms. The summed E-state index contributed by atoms with van der Waals surface area (Å²) in [5.41, 5.74) is 1.44. The normalized spacial score (nSPS) is 16.9. The summed E-state index contributed by atoms with van der Waals surface area (Å²) in [4.78, 5) is 52.6. The molecule has 0 aliphatic carbocycles. The molecule has 3 atom stereocenters. The molecule has 0 saturated heterocycles. The van der Waals surface area contributed by atoms with Crippen molar-refractivity contribution in [3.63, 3.8) is 0 Å². The summed E-state index contributed by atoms with van der Waals surface area (Å²) in [6.45, 7) is 7.17. The van der Waals surface area contributed by atoms with Gasteiger partial charge in [0.2, 0.25) is 11.8 Å². The van der Waals surface area contributed by atoms with Crippen LogP contribution in [0.15, 0.2) is 54.6 Å². The molecule has 2 aromatic carbocycles. The lowest BCUT2D eigenvalue weighted by Crippen LogP contribution is -2.60. The highest BCUT2D eigenvalue weighted by Crippen LogP contribution is 2.34. The number of para-hydroxylation sites is 2. The fourth-order valence-electron chi connectivity index (χ4n) is 4.00. The Morgan fingerprint density at radius 3 is 2.15 bits per heavy atom. The van der Waals surface area contributed by atoms with Crippen molar-refractivity contribution >= 4 is 35.2 Å². The van der Waals surface area contributed by atoms with Crippen molar-refractivity contribution < 1.29 is 24.3 Å². The van der Waals surface area contributed by atoms with E-state index in [9.17, 15) is 24.3 Å². The number of carboxylic acid groups (broad SMARTS) is 1. The third-order valence-corrected chi connectivity index (χ3v) is 5.71. The van der Waals surface area contributed by atoms with E-state index in [2.05, 4.69) is 16.0 Å². The molecule has 4 amide bonds. The van der Waals surface area contributed by atoms with E-state index in [1.165, 1.54) is 4.90 Å². The predicted octanol–water partition coefficient (Wildman–Crippen LogP) is 3.15.